The molecule has 0 bridgehead atoms. The summed E-state index contributed by atoms with van der Waals surface area (Å²) in [7, 11) is 0. The molecule has 2 atom stereocenters. The molecular formula is C23H23FN4O6. The van der Waals surface area contributed by atoms with Gasteiger partial charge in [-0.1, -0.05) is 0 Å². The maximum atomic E-state index is 13.7. The van der Waals surface area contributed by atoms with Gasteiger partial charge < -0.3 is 25.1 Å². The number of halogens is 1. The van der Waals surface area contributed by atoms with Crippen molar-refractivity contribution in [3.05, 3.63) is 46.5 Å². The highest BCUT2D eigenvalue weighted by atomic mass is 19.1. The summed E-state index contributed by atoms with van der Waals surface area (Å²) in [6.45, 7) is 4.41. The number of aromatic amines is 1. The maximum Gasteiger partial charge on any atom is 0.413 e. The lowest BCUT2D eigenvalue weighted by Gasteiger charge is -2.20. The number of hydroxylamine groups is 2. The molecule has 2 aromatic rings. The SMILES string of the molecule is Cc1[nH]c(/C=C2\C(=O)Nc3ccc(F)cc32)c(C)c1OC(=O)NC1CON([C@@H]2CCOC2)C1=O. The Morgan fingerprint density at radius 2 is 2.12 bits per heavy atom. The minimum absolute atomic E-state index is 0.0119. The zero-order valence-electron chi connectivity index (χ0n) is 18.6. The zero-order valence-corrected chi connectivity index (χ0v) is 18.6. The second-order valence-electron chi connectivity index (χ2n) is 8.38. The Morgan fingerprint density at radius 3 is 2.88 bits per heavy atom. The largest absolute Gasteiger partial charge is 0.413 e. The Bertz CT molecular complexity index is 1220. The molecule has 2 saturated heterocycles. The standard InChI is InChI=1S/C23H23FN4O6/c1-11-18(8-16-15-7-13(24)3-4-17(15)26-21(16)29)25-12(2)20(11)34-23(31)27-19-10-33-28(22(19)30)14-5-6-32-9-14/h3-4,7-8,14,19,25H,5-6,9-10H2,1-2H3,(H,26,29)(H,27,31)/b16-8-/t14-,19?/m1/s1. The van der Waals surface area contributed by atoms with Crippen LogP contribution in [0.2, 0.25) is 0 Å². The first-order valence-corrected chi connectivity index (χ1v) is 10.9. The van der Waals surface area contributed by atoms with Crippen molar-refractivity contribution < 1.29 is 33.1 Å². The average Bonchev–Trinajstić information content (AvgIpc) is 3.56. The molecule has 1 aromatic heterocycles. The minimum Gasteiger partial charge on any atom is -0.408 e. The lowest BCUT2D eigenvalue weighted by molar-refractivity contribution is -0.173. The lowest BCUT2D eigenvalue weighted by Crippen LogP contribution is -2.46. The molecule has 4 heterocycles. The molecule has 0 spiro atoms. The molecule has 178 valence electrons. The van der Waals surface area contributed by atoms with Crippen molar-refractivity contribution in [2.45, 2.75) is 32.4 Å². The first kappa shape index (κ1) is 22.1. The van der Waals surface area contributed by atoms with Gasteiger partial charge in [0.1, 0.15) is 18.5 Å². The van der Waals surface area contributed by atoms with Crippen LogP contribution >= 0.6 is 0 Å². The van der Waals surface area contributed by atoms with E-state index in [2.05, 4.69) is 15.6 Å². The third-order valence-corrected chi connectivity index (χ3v) is 6.08. The number of nitrogens with zero attached hydrogens (tertiary/aromatic N) is 1. The molecule has 11 heteroatoms. The summed E-state index contributed by atoms with van der Waals surface area (Å²) in [4.78, 5) is 46.0. The summed E-state index contributed by atoms with van der Waals surface area (Å²) in [6, 6.07) is 3.05. The molecule has 3 N–H and O–H groups in total. The number of aromatic nitrogens is 1. The van der Waals surface area contributed by atoms with Crippen molar-refractivity contribution in [3.8, 4) is 5.75 Å². The Labute approximate surface area is 194 Å². The molecule has 1 unspecified atom stereocenters. The number of carbonyl (C=O) groups excluding carboxylic acids is 3. The van der Waals surface area contributed by atoms with Crippen molar-refractivity contribution in [2.75, 3.05) is 25.1 Å². The summed E-state index contributed by atoms with van der Waals surface area (Å²) >= 11 is 0. The first-order chi connectivity index (χ1) is 16.3. The molecular weight excluding hydrogens is 447 g/mol. The number of hydrogen-bond acceptors (Lipinski definition) is 6. The molecule has 0 aliphatic carbocycles. The fourth-order valence-electron chi connectivity index (χ4n) is 4.30. The van der Waals surface area contributed by atoms with E-state index in [-0.39, 0.29) is 30.2 Å². The van der Waals surface area contributed by atoms with E-state index in [0.717, 1.165) is 0 Å². The van der Waals surface area contributed by atoms with Crippen molar-refractivity contribution in [3.63, 3.8) is 0 Å². The fraction of sp³-hybridized carbons (Fsp3) is 0.348. The van der Waals surface area contributed by atoms with E-state index in [9.17, 15) is 18.8 Å². The van der Waals surface area contributed by atoms with Crippen LogP contribution in [0.15, 0.2) is 18.2 Å². The van der Waals surface area contributed by atoms with E-state index in [4.69, 9.17) is 14.3 Å². The van der Waals surface area contributed by atoms with Gasteiger partial charge in [-0.2, -0.15) is 0 Å². The molecule has 3 amide bonds. The number of H-pyrrole nitrogens is 1. The molecule has 0 radical (unpaired) electrons. The van der Waals surface area contributed by atoms with E-state index >= 15 is 0 Å². The van der Waals surface area contributed by atoms with Gasteiger partial charge in [-0.25, -0.2) is 14.2 Å². The number of benzene rings is 1. The van der Waals surface area contributed by atoms with Crippen LogP contribution < -0.4 is 15.4 Å². The molecule has 1 aromatic carbocycles. The van der Waals surface area contributed by atoms with Crippen LogP contribution in [0.1, 0.15) is 28.9 Å². The highest BCUT2D eigenvalue weighted by Gasteiger charge is 2.40. The van der Waals surface area contributed by atoms with E-state index in [1.165, 1.54) is 23.3 Å². The van der Waals surface area contributed by atoms with Crippen molar-refractivity contribution >= 4 is 35.2 Å². The summed E-state index contributed by atoms with van der Waals surface area (Å²) in [6.07, 6.45) is 1.46. The zero-order chi connectivity index (χ0) is 24.0. The molecule has 3 aliphatic heterocycles. The quantitative estimate of drug-likeness (QED) is 0.590. The van der Waals surface area contributed by atoms with Crippen LogP contribution in [0.3, 0.4) is 0 Å². The predicted octanol–water partition coefficient (Wildman–Crippen LogP) is 2.28. The van der Waals surface area contributed by atoms with Gasteiger partial charge >= 0.3 is 6.09 Å². The molecule has 3 aliphatic rings. The first-order valence-electron chi connectivity index (χ1n) is 10.9. The number of anilines is 1. The predicted molar refractivity (Wildman–Crippen MR) is 118 cm³/mol. The number of ether oxygens (including phenoxy) is 2. The average molecular weight is 470 g/mol. The van der Waals surface area contributed by atoms with Crippen LogP contribution in [0.4, 0.5) is 14.9 Å². The van der Waals surface area contributed by atoms with Crippen molar-refractivity contribution in [1.82, 2.24) is 15.4 Å². The number of hydrogen-bond donors (Lipinski definition) is 3. The van der Waals surface area contributed by atoms with E-state index in [0.29, 0.717) is 53.4 Å². The van der Waals surface area contributed by atoms with Crippen LogP contribution in [0, 0.1) is 19.7 Å². The fourth-order valence-corrected chi connectivity index (χ4v) is 4.30. The van der Waals surface area contributed by atoms with Crippen LogP contribution in [0.5, 0.6) is 5.75 Å². The number of nitrogens with one attached hydrogen (secondary N) is 3. The number of rotatable bonds is 4. The van der Waals surface area contributed by atoms with Crippen LogP contribution in [-0.2, 0) is 19.2 Å². The Balaban J connectivity index is 1.30. The van der Waals surface area contributed by atoms with Gasteiger partial charge in [-0.3, -0.25) is 14.4 Å². The number of fused-ring (bicyclic) bond motifs is 1. The van der Waals surface area contributed by atoms with Gasteiger partial charge in [0.05, 0.1) is 23.9 Å². The van der Waals surface area contributed by atoms with Gasteiger partial charge in [0, 0.05) is 29.1 Å². The van der Waals surface area contributed by atoms with Gasteiger partial charge in [0.2, 0.25) is 0 Å². The smallest absolute Gasteiger partial charge is 0.408 e. The van der Waals surface area contributed by atoms with E-state index in [1.54, 1.807) is 19.9 Å². The third kappa shape index (κ3) is 3.93. The van der Waals surface area contributed by atoms with Crippen LogP contribution in [-0.4, -0.2) is 59.9 Å². The number of carbonyl (C=O) groups is 3. The number of aryl methyl sites for hydroxylation is 1. The Morgan fingerprint density at radius 1 is 1.29 bits per heavy atom. The molecule has 2 fully saturated rings. The van der Waals surface area contributed by atoms with Crippen molar-refractivity contribution in [2.24, 2.45) is 0 Å². The second kappa shape index (κ2) is 8.58. The maximum absolute atomic E-state index is 13.7. The van der Waals surface area contributed by atoms with E-state index in [1.807, 2.05) is 0 Å². The molecule has 34 heavy (non-hydrogen) atoms. The summed E-state index contributed by atoms with van der Waals surface area (Å²) < 4.78 is 24.5. The topological polar surface area (TPSA) is 122 Å². The summed E-state index contributed by atoms with van der Waals surface area (Å²) in [5.74, 6) is -0.886. The van der Waals surface area contributed by atoms with Gasteiger partial charge in [0.25, 0.3) is 11.8 Å². The lowest BCUT2D eigenvalue weighted by atomic mass is 10.0. The number of amides is 3. The highest BCUT2D eigenvalue weighted by Crippen LogP contribution is 2.35. The van der Waals surface area contributed by atoms with E-state index < -0.39 is 18.0 Å². The summed E-state index contributed by atoms with van der Waals surface area (Å²) in [5.41, 5.74) is 2.94. The van der Waals surface area contributed by atoms with Gasteiger partial charge in [0.15, 0.2) is 5.75 Å². The highest BCUT2D eigenvalue weighted by molar-refractivity contribution is 6.34. The van der Waals surface area contributed by atoms with Gasteiger partial charge in [-0.05, 0) is 44.5 Å². The molecule has 0 saturated carbocycles. The normalized spacial score (nSPS) is 22.9. The van der Waals surface area contributed by atoms with Crippen LogP contribution in [0.25, 0.3) is 11.6 Å². The second-order valence-corrected chi connectivity index (χ2v) is 8.38. The Kier molecular flexibility index (Phi) is 5.58. The third-order valence-electron chi connectivity index (χ3n) is 6.08. The molecule has 5 rings (SSSR count). The monoisotopic (exact) mass is 470 g/mol. The minimum atomic E-state index is -0.858. The Hall–Kier alpha value is -3.70. The van der Waals surface area contributed by atoms with Gasteiger partial charge in [-0.15, -0.1) is 0 Å². The summed E-state index contributed by atoms with van der Waals surface area (Å²) in [5, 5.41) is 6.50. The molecule has 10 nitrogen and oxygen atoms in total. The van der Waals surface area contributed by atoms with Crippen molar-refractivity contribution in [1.29, 1.82) is 0 Å².